The molecular formula is C14H13F9N2O4S. The second-order valence-corrected chi connectivity index (χ2v) is 7.78. The molecule has 172 valence electrons. The Bertz CT molecular complexity index is 860. The van der Waals surface area contributed by atoms with Crippen LogP contribution in [-0.4, -0.2) is 53.2 Å². The average Bonchev–Trinajstić information content (AvgIpc) is 2.64. The van der Waals surface area contributed by atoms with E-state index < -0.39 is 56.1 Å². The first-order valence-electron chi connectivity index (χ1n) is 7.55. The molecular weight excluding hydrogens is 463 g/mol. The summed E-state index contributed by atoms with van der Waals surface area (Å²) in [5.74, 6) is -16.7. The highest BCUT2D eigenvalue weighted by Crippen LogP contribution is 2.55. The fourth-order valence-electron chi connectivity index (χ4n) is 2.09. The minimum absolute atomic E-state index is 0.222. The monoisotopic (exact) mass is 476 g/mol. The molecule has 0 bridgehead atoms. The van der Waals surface area contributed by atoms with Crippen molar-refractivity contribution in [2.75, 3.05) is 0 Å². The van der Waals surface area contributed by atoms with Crippen LogP contribution < -0.4 is 5.48 Å². The van der Waals surface area contributed by atoms with Crippen LogP contribution in [0.5, 0.6) is 0 Å². The van der Waals surface area contributed by atoms with Crippen LogP contribution in [0.3, 0.4) is 0 Å². The van der Waals surface area contributed by atoms with Crippen molar-refractivity contribution in [3.8, 4) is 0 Å². The number of rotatable bonds is 8. The van der Waals surface area contributed by atoms with E-state index in [1.165, 1.54) is 18.2 Å². The van der Waals surface area contributed by atoms with Gasteiger partial charge in [-0.25, -0.2) is 13.9 Å². The predicted molar refractivity (Wildman–Crippen MR) is 81.2 cm³/mol. The molecule has 0 radical (unpaired) electrons. The zero-order chi connectivity index (χ0) is 23.8. The Morgan fingerprint density at radius 2 is 1.47 bits per heavy atom. The van der Waals surface area contributed by atoms with E-state index in [1.54, 1.807) is 0 Å². The van der Waals surface area contributed by atoms with Crippen LogP contribution in [0.15, 0.2) is 30.3 Å². The first-order valence-corrected chi connectivity index (χ1v) is 8.99. The molecule has 0 saturated heterocycles. The Labute approximate surface area is 163 Å². The van der Waals surface area contributed by atoms with Crippen LogP contribution in [0.1, 0.15) is 12.5 Å². The summed E-state index contributed by atoms with van der Waals surface area (Å²) in [5.41, 5.74) is 0.620. The molecule has 6 nitrogen and oxygen atoms in total. The fraction of sp³-hybridized carbons (Fsp3) is 0.500. The molecule has 1 atom stereocenters. The van der Waals surface area contributed by atoms with Gasteiger partial charge in [0.1, 0.15) is 6.04 Å². The van der Waals surface area contributed by atoms with Crippen LogP contribution in [-0.2, 0) is 21.4 Å². The topological polar surface area (TPSA) is 86.7 Å². The summed E-state index contributed by atoms with van der Waals surface area (Å²) in [5, 5.41) is 1.54. The van der Waals surface area contributed by atoms with Crippen LogP contribution in [0, 0.1) is 0 Å². The number of carbonyl (C=O) groups is 1. The van der Waals surface area contributed by atoms with E-state index in [1.807, 2.05) is 0 Å². The molecule has 0 aliphatic carbocycles. The molecule has 2 N–H and O–H groups in total. The van der Waals surface area contributed by atoms with Gasteiger partial charge in [0.2, 0.25) is 0 Å². The molecule has 1 aromatic rings. The van der Waals surface area contributed by atoms with Crippen molar-refractivity contribution in [2.24, 2.45) is 0 Å². The van der Waals surface area contributed by atoms with E-state index in [0.717, 1.165) is 17.6 Å². The Morgan fingerprint density at radius 3 is 1.87 bits per heavy atom. The Hall–Kier alpha value is -2.07. The maximum absolute atomic E-state index is 14.1. The third-order valence-corrected chi connectivity index (χ3v) is 5.82. The lowest BCUT2D eigenvalue weighted by atomic mass is 10.1. The smallest absolute Gasteiger partial charge is 0.289 e. The number of carbonyl (C=O) groups excluding carboxylic acids is 1. The number of halogens is 9. The number of alkyl halides is 9. The number of sulfonamides is 1. The molecule has 1 rings (SSSR count). The minimum Gasteiger partial charge on any atom is -0.289 e. The van der Waals surface area contributed by atoms with Gasteiger partial charge < -0.3 is 0 Å². The quantitative estimate of drug-likeness (QED) is 0.343. The summed E-state index contributed by atoms with van der Waals surface area (Å²) >= 11 is 0. The van der Waals surface area contributed by atoms with Crippen LogP contribution in [0.4, 0.5) is 39.5 Å². The molecule has 1 amide bonds. The summed E-state index contributed by atoms with van der Waals surface area (Å²) < 4.78 is 142. The van der Waals surface area contributed by atoms with E-state index in [0.29, 0.717) is 6.92 Å². The number of hydrogen-bond donors (Lipinski definition) is 2. The maximum Gasteiger partial charge on any atom is 0.460 e. The molecule has 0 aromatic heterocycles. The second kappa shape index (κ2) is 8.22. The van der Waals surface area contributed by atoms with Crippen molar-refractivity contribution in [3.63, 3.8) is 0 Å². The first kappa shape index (κ1) is 26.0. The van der Waals surface area contributed by atoms with Crippen molar-refractivity contribution in [2.45, 2.75) is 42.8 Å². The molecule has 0 aliphatic rings. The fourth-order valence-corrected chi connectivity index (χ4v) is 3.67. The van der Waals surface area contributed by atoms with Crippen LogP contribution in [0.2, 0.25) is 0 Å². The van der Waals surface area contributed by atoms with E-state index in [2.05, 4.69) is 0 Å². The predicted octanol–water partition coefficient (Wildman–Crippen LogP) is 3.14. The molecule has 0 heterocycles. The van der Waals surface area contributed by atoms with Gasteiger partial charge in [0, 0.05) is 6.54 Å². The molecule has 0 fully saturated rings. The summed E-state index contributed by atoms with van der Waals surface area (Å²) in [6.45, 7) is -0.802. The molecule has 0 spiro atoms. The van der Waals surface area contributed by atoms with E-state index in [4.69, 9.17) is 5.21 Å². The molecule has 16 heteroatoms. The summed E-state index contributed by atoms with van der Waals surface area (Å²) in [6, 6.07) is 3.52. The van der Waals surface area contributed by atoms with Gasteiger partial charge >= 0.3 is 23.3 Å². The molecule has 0 unspecified atom stereocenters. The number of nitrogens with zero attached hydrogens (tertiary/aromatic N) is 1. The number of amides is 1. The standard InChI is InChI=1S/C14H13F9N2O4S/c1-8(10(26)24-27)25(7-9-5-3-2-4-6-9)30(28,29)14(22,23)12(17,18)11(15,16)13(19,20)21/h2-6,8,27H,7H2,1H3,(H,24,26)/t8-/m0/s1. The lowest BCUT2D eigenvalue weighted by Gasteiger charge is -2.37. The van der Waals surface area contributed by atoms with Gasteiger partial charge in [0.05, 0.1) is 0 Å². The lowest BCUT2D eigenvalue weighted by molar-refractivity contribution is -0.382. The highest BCUT2D eigenvalue weighted by Gasteiger charge is 2.86. The number of hydrogen-bond acceptors (Lipinski definition) is 4. The second-order valence-electron chi connectivity index (χ2n) is 5.85. The van der Waals surface area contributed by atoms with Crippen molar-refractivity contribution < 1.29 is 57.9 Å². The van der Waals surface area contributed by atoms with Crippen molar-refractivity contribution >= 4 is 15.9 Å². The SMILES string of the molecule is C[C@@H](C(=O)NO)N(Cc1ccccc1)S(=O)(=O)C(F)(F)C(F)(F)C(F)(F)C(F)(F)F. The van der Waals surface area contributed by atoms with Gasteiger partial charge in [-0.1, -0.05) is 30.3 Å². The van der Waals surface area contributed by atoms with E-state index in [-0.39, 0.29) is 5.56 Å². The van der Waals surface area contributed by atoms with Crippen LogP contribution in [0.25, 0.3) is 0 Å². The van der Waals surface area contributed by atoms with Gasteiger partial charge in [-0.15, -0.1) is 0 Å². The molecule has 0 saturated carbocycles. The van der Waals surface area contributed by atoms with Crippen molar-refractivity contribution in [3.05, 3.63) is 35.9 Å². The van der Waals surface area contributed by atoms with Crippen molar-refractivity contribution in [1.82, 2.24) is 9.79 Å². The van der Waals surface area contributed by atoms with Gasteiger partial charge in [-0.3, -0.25) is 10.0 Å². The summed E-state index contributed by atoms with van der Waals surface area (Å²) in [7, 11) is -7.06. The van der Waals surface area contributed by atoms with Gasteiger partial charge in [0.15, 0.2) is 0 Å². The van der Waals surface area contributed by atoms with Gasteiger partial charge in [-0.05, 0) is 12.5 Å². The zero-order valence-corrected chi connectivity index (χ0v) is 15.4. The molecule has 1 aromatic carbocycles. The Morgan fingerprint density at radius 1 is 1.00 bits per heavy atom. The summed E-state index contributed by atoms with van der Waals surface area (Å²) in [6.07, 6.45) is -7.23. The van der Waals surface area contributed by atoms with E-state index >= 15 is 0 Å². The first-order chi connectivity index (χ1) is 13.4. The molecule has 30 heavy (non-hydrogen) atoms. The van der Waals surface area contributed by atoms with Gasteiger partial charge in [-0.2, -0.15) is 43.8 Å². The Balaban J connectivity index is 3.62. The third-order valence-electron chi connectivity index (χ3n) is 3.85. The van der Waals surface area contributed by atoms with Crippen molar-refractivity contribution in [1.29, 1.82) is 0 Å². The molecule has 0 aliphatic heterocycles. The highest BCUT2D eigenvalue weighted by molar-refractivity contribution is 7.90. The summed E-state index contributed by atoms with van der Waals surface area (Å²) in [4.78, 5) is 11.5. The highest BCUT2D eigenvalue weighted by atomic mass is 32.2. The van der Waals surface area contributed by atoms with Crippen LogP contribution >= 0.6 is 0 Å². The van der Waals surface area contributed by atoms with Gasteiger partial charge in [0.25, 0.3) is 15.9 Å². The lowest BCUT2D eigenvalue weighted by Crippen LogP contribution is -2.66. The maximum atomic E-state index is 14.1. The number of nitrogens with one attached hydrogen (secondary N) is 1. The number of benzene rings is 1. The average molecular weight is 476 g/mol. The zero-order valence-electron chi connectivity index (χ0n) is 14.6. The minimum atomic E-state index is -7.46. The number of hydroxylamine groups is 1. The Kier molecular flexibility index (Phi) is 7.12. The third kappa shape index (κ3) is 4.20. The normalized spacial score (nSPS) is 15.2. The van der Waals surface area contributed by atoms with E-state index in [9.17, 15) is 52.7 Å². The largest absolute Gasteiger partial charge is 0.460 e.